The van der Waals surface area contributed by atoms with Gasteiger partial charge in [-0.1, -0.05) is 13.8 Å². The number of piperazine rings is 1. The van der Waals surface area contributed by atoms with Crippen molar-refractivity contribution in [1.29, 1.82) is 0 Å². The molecule has 5 nitrogen and oxygen atoms in total. The lowest BCUT2D eigenvalue weighted by atomic mass is 9.66. The highest BCUT2D eigenvalue weighted by atomic mass is 16.6. The highest BCUT2D eigenvalue weighted by Crippen LogP contribution is 2.65. The summed E-state index contributed by atoms with van der Waals surface area (Å²) in [5.74, 6) is -0.151. The Hall–Kier alpha value is -1.10. The molecule has 2 bridgehead atoms. The van der Waals surface area contributed by atoms with Gasteiger partial charge in [-0.2, -0.15) is 0 Å². The Kier molecular flexibility index (Phi) is 3.14. The van der Waals surface area contributed by atoms with Gasteiger partial charge in [0.1, 0.15) is 0 Å². The molecule has 0 radical (unpaired) electrons. The van der Waals surface area contributed by atoms with Crippen LogP contribution in [-0.4, -0.2) is 55.1 Å². The molecule has 1 amide bonds. The van der Waals surface area contributed by atoms with E-state index in [0.29, 0.717) is 6.42 Å². The Morgan fingerprint density at radius 2 is 1.86 bits per heavy atom. The quantitative estimate of drug-likeness (QED) is 0.721. The van der Waals surface area contributed by atoms with Gasteiger partial charge in [0.2, 0.25) is 0 Å². The number of fused-ring (bicyclic) bond motifs is 2. The lowest BCUT2D eigenvalue weighted by molar-refractivity contribution is -0.902. The number of carbonyl (C=O) groups is 2. The molecule has 3 rings (SSSR count). The number of carbonyl (C=O) groups excluding carboxylic acids is 2. The van der Waals surface area contributed by atoms with Crippen LogP contribution in [0.2, 0.25) is 0 Å². The summed E-state index contributed by atoms with van der Waals surface area (Å²) in [7, 11) is 0. The summed E-state index contributed by atoms with van der Waals surface area (Å²) >= 11 is 0. The minimum atomic E-state index is -0.928. The van der Waals surface area contributed by atoms with E-state index in [9.17, 15) is 9.59 Å². The van der Waals surface area contributed by atoms with E-state index in [1.807, 2.05) is 25.7 Å². The van der Waals surface area contributed by atoms with Crippen molar-refractivity contribution in [2.75, 3.05) is 32.7 Å². The number of hydrogen-bond donors (Lipinski definition) is 1. The predicted octanol–water partition coefficient (Wildman–Crippen LogP) is -0.145. The van der Waals surface area contributed by atoms with Gasteiger partial charge >= 0.3 is 5.97 Å². The van der Waals surface area contributed by atoms with Crippen LogP contribution in [-0.2, 0) is 14.3 Å². The fraction of sp³-hybridized carbons (Fsp3) is 0.875. The van der Waals surface area contributed by atoms with Crippen LogP contribution in [0.15, 0.2) is 0 Å². The number of rotatable bonds is 2. The molecule has 0 aromatic carbocycles. The van der Waals surface area contributed by atoms with E-state index < -0.39 is 16.4 Å². The van der Waals surface area contributed by atoms with E-state index in [4.69, 9.17) is 4.74 Å². The molecule has 2 heterocycles. The summed E-state index contributed by atoms with van der Waals surface area (Å²) in [5, 5.41) is 0. The number of nitrogens with one attached hydrogen (secondary N) is 1. The predicted molar refractivity (Wildman–Crippen MR) is 77.8 cm³/mol. The molecule has 5 heteroatoms. The third-order valence-corrected chi connectivity index (χ3v) is 6.69. The Labute approximate surface area is 126 Å². The maximum atomic E-state index is 13.1. The second-order valence-electron chi connectivity index (χ2n) is 7.57. The van der Waals surface area contributed by atoms with Gasteiger partial charge in [-0.15, -0.1) is 0 Å². The number of esters is 1. The number of quaternary nitrogens is 1. The Morgan fingerprint density at radius 3 is 2.29 bits per heavy atom. The zero-order valence-corrected chi connectivity index (χ0v) is 13.6. The average molecular weight is 295 g/mol. The topological polar surface area (TPSA) is 51.0 Å². The van der Waals surface area contributed by atoms with Crippen molar-refractivity contribution in [1.82, 2.24) is 4.90 Å². The van der Waals surface area contributed by atoms with Crippen molar-refractivity contribution in [3.63, 3.8) is 0 Å². The Morgan fingerprint density at radius 1 is 1.24 bits per heavy atom. The summed E-state index contributed by atoms with van der Waals surface area (Å²) in [4.78, 5) is 28.8. The van der Waals surface area contributed by atoms with Crippen LogP contribution in [0.1, 0.15) is 40.5 Å². The SMILES string of the molecule is CC[NH+]1CCN(C(=O)[C@@]23CC[C@@](C)(C(=O)O2)C3(C)C)CC1. The molecule has 0 aromatic rings. The number of ether oxygens (including phenoxy) is 1. The van der Waals surface area contributed by atoms with E-state index in [1.54, 1.807) is 0 Å². The largest absolute Gasteiger partial charge is 0.448 e. The second-order valence-corrected chi connectivity index (χ2v) is 7.57. The highest BCUT2D eigenvalue weighted by Gasteiger charge is 2.76. The van der Waals surface area contributed by atoms with E-state index in [1.165, 1.54) is 4.90 Å². The summed E-state index contributed by atoms with van der Waals surface area (Å²) in [6.07, 6.45) is 1.42. The molecular weight excluding hydrogens is 268 g/mol. The van der Waals surface area contributed by atoms with Crippen molar-refractivity contribution >= 4 is 11.9 Å². The molecular formula is C16H27N2O3+. The van der Waals surface area contributed by atoms with Crippen molar-refractivity contribution in [3.05, 3.63) is 0 Å². The maximum absolute atomic E-state index is 13.1. The minimum Gasteiger partial charge on any atom is -0.448 e. The first-order valence-electron chi connectivity index (χ1n) is 8.15. The fourth-order valence-corrected chi connectivity index (χ4v) is 4.36. The molecule has 1 aliphatic carbocycles. The average Bonchev–Trinajstić information content (AvgIpc) is 2.77. The van der Waals surface area contributed by atoms with Gasteiger partial charge in [0.15, 0.2) is 5.60 Å². The highest BCUT2D eigenvalue weighted by molar-refractivity contribution is 5.96. The van der Waals surface area contributed by atoms with E-state index in [0.717, 1.165) is 39.1 Å². The molecule has 0 spiro atoms. The van der Waals surface area contributed by atoms with Crippen molar-refractivity contribution < 1.29 is 19.2 Å². The maximum Gasteiger partial charge on any atom is 0.313 e. The van der Waals surface area contributed by atoms with Crippen LogP contribution in [0.3, 0.4) is 0 Å². The van der Waals surface area contributed by atoms with Crippen molar-refractivity contribution in [3.8, 4) is 0 Å². The summed E-state index contributed by atoms with van der Waals surface area (Å²) < 4.78 is 5.70. The van der Waals surface area contributed by atoms with Gasteiger partial charge in [0, 0.05) is 5.41 Å². The molecule has 1 N–H and O–H groups in total. The van der Waals surface area contributed by atoms with Gasteiger partial charge in [-0.3, -0.25) is 9.59 Å². The van der Waals surface area contributed by atoms with Crippen molar-refractivity contribution in [2.24, 2.45) is 10.8 Å². The van der Waals surface area contributed by atoms with Crippen molar-refractivity contribution in [2.45, 2.75) is 46.1 Å². The molecule has 3 fully saturated rings. The standard InChI is InChI=1S/C16H26N2O3/c1-5-17-8-10-18(11-9-17)12(19)16-7-6-15(4,13(20)21-16)14(16,2)3/h5-11H2,1-4H3/p+1/t15-,16+/m0/s1. The molecule has 2 saturated heterocycles. The second kappa shape index (κ2) is 4.45. The monoisotopic (exact) mass is 295 g/mol. The Balaban J connectivity index is 1.84. The number of amides is 1. The van der Waals surface area contributed by atoms with Gasteiger partial charge in [-0.25, -0.2) is 0 Å². The summed E-state index contributed by atoms with van der Waals surface area (Å²) in [6, 6.07) is 0. The van der Waals surface area contributed by atoms with Gasteiger partial charge < -0.3 is 14.5 Å². The summed E-state index contributed by atoms with van der Waals surface area (Å²) in [5.41, 5.74) is -1.87. The molecule has 118 valence electrons. The molecule has 21 heavy (non-hydrogen) atoms. The van der Waals surface area contributed by atoms with Crippen LogP contribution >= 0.6 is 0 Å². The van der Waals surface area contributed by atoms with Gasteiger partial charge in [0.05, 0.1) is 38.1 Å². The van der Waals surface area contributed by atoms with E-state index >= 15 is 0 Å². The van der Waals surface area contributed by atoms with Gasteiger partial charge in [0.25, 0.3) is 5.91 Å². The molecule has 2 atom stereocenters. The van der Waals surface area contributed by atoms with E-state index in [2.05, 4.69) is 6.92 Å². The number of hydrogen-bond acceptors (Lipinski definition) is 3. The third kappa shape index (κ3) is 1.67. The molecule has 1 saturated carbocycles. The molecule has 2 aliphatic heterocycles. The molecule has 3 aliphatic rings. The lowest BCUT2D eigenvalue weighted by Crippen LogP contribution is -3.14. The summed E-state index contributed by atoms with van der Waals surface area (Å²) in [6.45, 7) is 12.8. The van der Waals surface area contributed by atoms with Crippen LogP contribution in [0.25, 0.3) is 0 Å². The molecule has 0 aromatic heterocycles. The van der Waals surface area contributed by atoms with E-state index in [-0.39, 0.29) is 11.9 Å². The first-order valence-corrected chi connectivity index (χ1v) is 8.15. The first kappa shape index (κ1) is 14.8. The zero-order chi connectivity index (χ0) is 15.5. The van der Waals surface area contributed by atoms with Gasteiger partial charge in [-0.05, 0) is 26.7 Å². The van der Waals surface area contributed by atoms with Crippen LogP contribution < -0.4 is 4.90 Å². The zero-order valence-electron chi connectivity index (χ0n) is 13.6. The Bertz CT molecular complexity index is 482. The number of nitrogens with zero attached hydrogens (tertiary/aromatic N) is 1. The third-order valence-electron chi connectivity index (χ3n) is 6.69. The first-order chi connectivity index (χ1) is 9.78. The smallest absolute Gasteiger partial charge is 0.313 e. The van der Waals surface area contributed by atoms with Crippen LogP contribution in [0.5, 0.6) is 0 Å². The lowest BCUT2D eigenvalue weighted by Gasteiger charge is -2.41. The normalized spacial score (nSPS) is 38.7. The van der Waals surface area contributed by atoms with Crippen LogP contribution in [0, 0.1) is 10.8 Å². The fourth-order valence-electron chi connectivity index (χ4n) is 4.36. The molecule has 0 unspecified atom stereocenters. The minimum absolute atomic E-state index is 0.0391. The number of likely N-dealkylation sites (N-methyl/N-ethyl adjacent to an activating group) is 1. The van der Waals surface area contributed by atoms with Crippen LogP contribution in [0.4, 0.5) is 0 Å².